The molecule has 4 aromatic carbocycles. The summed E-state index contributed by atoms with van der Waals surface area (Å²) in [6.45, 7) is 3.85. The van der Waals surface area contributed by atoms with Gasteiger partial charge in [0.15, 0.2) is 11.6 Å². The van der Waals surface area contributed by atoms with E-state index in [-0.39, 0.29) is 35.4 Å². The highest BCUT2D eigenvalue weighted by molar-refractivity contribution is 6.05. The van der Waals surface area contributed by atoms with E-state index in [1.807, 2.05) is 44.2 Å². The number of nitro groups is 1. The van der Waals surface area contributed by atoms with E-state index < -0.39 is 39.4 Å². The summed E-state index contributed by atoms with van der Waals surface area (Å²) in [5, 5.41) is 12.3. The maximum atomic E-state index is 14.9. The van der Waals surface area contributed by atoms with Crippen molar-refractivity contribution < 1.29 is 32.4 Å². The molecule has 0 atom stereocenters. The lowest BCUT2D eigenvalue weighted by atomic mass is 9.84. The van der Waals surface area contributed by atoms with E-state index in [0.29, 0.717) is 16.8 Å². The summed E-state index contributed by atoms with van der Waals surface area (Å²) in [6, 6.07) is 20.6. The lowest BCUT2D eigenvalue weighted by molar-refractivity contribution is -0.383. The largest absolute Gasteiger partial charge is 0.457 e. The quantitative estimate of drug-likeness (QED) is 0.0993. The number of nitro benzene ring substituents is 1. The lowest BCUT2D eigenvalue weighted by Gasteiger charge is -2.28. The normalized spacial score (nSPS) is 11.6. The number of carbonyl (C=O) groups excluding carboxylic acids is 1. The Hall–Kier alpha value is -4.96. The smallest absolute Gasteiger partial charge is 0.338 e. The van der Waals surface area contributed by atoms with Gasteiger partial charge in [-0.1, -0.05) is 56.3 Å². The maximum absolute atomic E-state index is 14.9. The molecular formula is C33H27F3N2O5. The molecule has 220 valence electrons. The van der Waals surface area contributed by atoms with Crippen molar-refractivity contribution in [2.45, 2.75) is 25.9 Å². The van der Waals surface area contributed by atoms with E-state index in [9.17, 15) is 28.1 Å². The van der Waals surface area contributed by atoms with Crippen LogP contribution in [0.15, 0.2) is 84.9 Å². The average Bonchev–Trinajstić information content (AvgIpc) is 3.33. The first-order valence-corrected chi connectivity index (χ1v) is 13.3. The third-order valence-electron chi connectivity index (χ3n) is 7.14. The number of non-ortho nitro benzene ring substituents is 1. The Bertz CT molecular complexity index is 1830. The number of methoxy groups -OCH3 is 1. The molecule has 0 aliphatic heterocycles. The highest BCUT2D eigenvalue weighted by Gasteiger charge is 2.35. The van der Waals surface area contributed by atoms with Crippen LogP contribution in [0.3, 0.4) is 0 Å². The number of ether oxygens (including phenoxy) is 2. The second kappa shape index (κ2) is 11.7. The number of esters is 1. The predicted octanol–water partition coefficient (Wildman–Crippen LogP) is 7.90. The van der Waals surface area contributed by atoms with Gasteiger partial charge in [0.05, 0.1) is 34.1 Å². The van der Waals surface area contributed by atoms with Crippen molar-refractivity contribution >= 4 is 22.6 Å². The SMILES string of the molecule is COCC(C)(C)c1c(-c2ccc(C(=O)OCc3ccccc3)cc2)c2c([N+](=O)[O-])cc(F)cc2n1-c1ccc(F)c(F)c1. The van der Waals surface area contributed by atoms with Crippen LogP contribution in [0, 0.1) is 27.6 Å². The molecule has 0 saturated heterocycles. The molecular weight excluding hydrogens is 561 g/mol. The number of hydrogen-bond donors (Lipinski definition) is 0. The van der Waals surface area contributed by atoms with E-state index >= 15 is 0 Å². The predicted molar refractivity (Wildman–Crippen MR) is 156 cm³/mol. The van der Waals surface area contributed by atoms with Crippen LogP contribution in [0.2, 0.25) is 0 Å². The zero-order valence-electron chi connectivity index (χ0n) is 23.6. The molecule has 7 nitrogen and oxygen atoms in total. The molecule has 0 aliphatic carbocycles. The topological polar surface area (TPSA) is 83.6 Å². The van der Waals surface area contributed by atoms with Crippen molar-refractivity contribution in [3.05, 3.63) is 129 Å². The maximum Gasteiger partial charge on any atom is 0.338 e. The number of rotatable bonds is 9. The Labute approximate surface area is 245 Å². The lowest BCUT2D eigenvalue weighted by Crippen LogP contribution is -2.27. The van der Waals surface area contributed by atoms with Crippen molar-refractivity contribution in [2.24, 2.45) is 0 Å². The van der Waals surface area contributed by atoms with Gasteiger partial charge in [-0.3, -0.25) is 10.1 Å². The van der Waals surface area contributed by atoms with Crippen LogP contribution in [-0.4, -0.2) is 29.2 Å². The third kappa shape index (κ3) is 5.74. The minimum Gasteiger partial charge on any atom is -0.457 e. The summed E-state index contributed by atoms with van der Waals surface area (Å²) >= 11 is 0. The van der Waals surface area contributed by atoms with E-state index in [2.05, 4.69) is 0 Å². The minimum atomic E-state index is -1.14. The van der Waals surface area contributed by atoms with Gasteiger partial charge in [0.2, 0.25) is 0 Å². The van der Waals surface area contributed by atoms with Gasteiger partial charge in [0.25, 0.3) is 5.69 Å². The van der Waals surface area contributed by atoms with Crippen LogP contribution in [0.25, 0.3) is 27.7 Å². The zero-order valence-corrected chi connectivity index (χ0v) is 23.6. The number of benzene rings is 4. The molecule has 0 N–H and O–H groups in total. The summed E-state index contributed by atoms with van der Waals surface area (Å²) in [7, 11) is 1.49. The second-order valence-electron chi connectivity index (χ2n) is 10.7. The number of aromatic nitrogens is 1. The Morgan fingerprint density at radius 1 is 0.930 bits per heavy atom. The number of carbonyl (C=O) groups is 1. The third-order valence-corrected chi connectivity index (χ3v) is 7.14. The van der Waals surface area contributed by atoms with Gasteiger partial charge in [-0.2, -0.15) is 0 Å². The molecule has 5 aromatic rings. The fourth-order valence-electron chi connectivity index (χ4n) is 5.33. The molecule has 1 aromatic heterocycles. The fourth-order valence-corrected chi connectivity index (χ4v) is 5.33. The van der Waals surface area contributed by atoms with Gasteiger partial charge < -0.3 is 14.0 Å². The fraction of sp³-hybridized carbons (Fsp3) is 0.182. The zero-order chi connectivity index (χ0) is 30.9. The molecule has 0 aliphatic rings. The molecule has 0 spiro atoms. The molecule has 0 radical (unpaired) electrons. The Morgan fingerprint density at radius 2 is 1.63 bits per heavy atom. The van der Waals surface area contributed by atoms with Gasteiger partial charge in [0, 0.05) is 35.5 Å². The van der Waals surface area contributed by atoms with Crippen LogP contribution in [0.4, 0.5) is 18.9 Å². The van der Waals surface area contributed by atoms with Crippen molar-refractivity contribution in [1.29, 1.82) is 0 Å². The standard InChI is InChI=1S/C33H27F3N2O5/c1-33(2,19-42-3)31-29(21-9-11-22(12-10-21)32(39)43-18-20-7-5-4-6-8-20)30-27(15-23(34)16-28(30)38(40)41)37(31)24-13-14-25(35)26(36)17-24/h4-17H,18-19H2,1-3H3. The molecule has 0 fully saturated rings. The number of fused-ring (bicyclic) bond motifs is 1. The second-order valence-corrected chi connectivity index (χ2v) is 10.7. The summed E-state index contributed by atoms with van der Waals surface area (Å²) in [4.78, 5) is 24.3. The highest BCUT2D eigenvalue weighted by Crippen LogP contribution is 2.46. The Kier molecular flexibility index (Phi) is 8.06. The van der Waals surface area contributed by atoms with Crippen molar-refractivity contribution in [2.75, 3.05) is 13.7 Å². The molecule has 5 rings (SSSR count). The van der Waals surface area contributed by atoms with Crippen LogP contribution in [-0.2, 0) is 21.5 Å². The molecule has 0 amide bonds. The van der Waals surface area contributed by atoms with E-state index in [1.165, 1.54) is 29.9 Å². The number of nitrogens with zero attached hydrogens (tertiary/aromatic N) is 2. The Morgan fingerprint density at radius 3 is 2.26 bits per heavy atom. The highest BCUT2D eigenvalue weighted by atomic mass is 19.2. The van der Waals surface area contributed by atoms with E-state index in [0.717, 1.165) is 29.8 Å². The molecule has 0 bridgehead atoms. The number of halogens is 3. The summed E-state index contributed by atoms with van der Waals surface area (Å²) < 4.78 is 55.8. The summed E-state index contributed by atoms with van der Waals surface area (Å²) in [6.07, 6.45) is 0. The average molecular weight is 589 g/mol. The number of hydrogen-bond acceptors (Lipinski definition) is 5. The summed E-state index contributed by atoms with van der Waals surface area (Å²) in [5.74, 6) is -3.65. The molecule has 10 heteroatoms. The first-order chi connectivity index (χ1) is 20.5. The molecule has 0 unspecified atom stereocenters. The Balaban J connectivity index is 1.74. The summed E-state index contributed by atoms with van der Waals surface area (Å²) in [5.41, 5.74) is 1.16. The van der Waals surface area contributed by atoms with E-state index in [4.69, 9.17) is 9.47 Å². The monoisotopic (exact) mass is 588 g/mol. The first kappa shape index (κ1) is 29.5. The van der Waals surface area contributed by atoms with E-state index in [1.54, 1.807) is 12.1 Å². The van der Waals surface area contributed by atoms with Crippen molar-refractivity contribution in [1.82, 2.24) is 4.57 Å². The van der Waals surface area contributed by atoms with Crippen LogP contribution in [0.5, 0.6) is 0 Å². The molecule has 43 heavy (non-hydrogen) atoms. The van der Waals surface area contributed by atoms with Crippen molar-refractivity contribution in [3.8, 4) is 16.8 Å². The van der Waals surface area contributed by atoms with Crippen LogP contribution in [0.1, 0.15) is 35.5 Å². The van der Waals surface area contributed by atoms with Gasteiger partial charge in [-0.15, -0.1) is 0 Å². The van der Waals surface area contributed by atoms with Crippen molar-refractivity contribution in [3.63, 3.8) is 0 Å². The van der Waals surface area contributed by atoms with Gasteiger partial charge >= 0.3 is 5.97 Å². The molecule has 0 saturated carbocycles. The van der Waals surface area contributed by atoms with Crippen LogP contribution >= 0.6 is 0 Å². The van der Waals surface area contributed by atoms with Gasteiger partial charge in [-0.25, -0.2) is 18.0 Å². The van der Waals surface area contributed by atoms with Gasteiger partial charge in [0.1, 0.15) is 12.4 Å². The van der Waals surface area contributed by atoms with Gasteiger partial charge in [-0.05, 0) is 41.5 Å². The minimum absolute atomic E-state index is 0.0796. The molecule has 1 heterocycles. The van der Waals surface area contributed by atoms with Crippen LogP contribution < -0.4 is 0 Å². The first-order valence-electron chi connectivity index (χ1n) is 13.3.